The van der Waals surface area contributed by atoms with Gasteiger partial charge in [0.25, 0.3) is 0 Å². The molecular weight excluding hydrogens is 252 g/mol. The molecule has 0 fully saturated rings. The maximum absolute atomic E-state index is 8.06. The number of hydrogen-bond acceptors (Lipinski definition) is 0. The highest BCUT2D eigenvalue weighted by Crippen LogP contribution is 2.31. The Hall–Kier alpha value is -2.05. The zero-order valence-electron chi connectivity index (χ0n) is 15.0. The van der Waals surface area contributed by atoms with Crippen molar-refractivity contribution in [3.63, 3.8) is 0 Å². The molecule has 0 aliphatic rings. The van der Waals surface area contributed by atoms with Crippen LogP contribution in [-0.4, -0.2) is 0 Å². The topological polar surface area (TPSA) is 0 Å². The molecule has 1 heteroatoms. The van der Waals surface area contributed by atoms with Crippen LogP contribution in [0.3, 0.4) is 0 Å². The van der Waals surface area contributed by atoms with Gasteiger partial charge in [-0.15, -0.1) is 0 Å². The summed E-state index contributed by atoms with van der Waals surface area (Å²) >= 11 is 6.37. The summed E-state index contributed by atoms with van der Waals surface area (Å²) in [5.41, 5.74) is 2.43. The molecule has 0 atom stereocenters. The van der Waals surface area contributed by atoms with Crippen LogP contribution in [0, 0.1) is 0 Å². The minimum absolute atomic E-state index is 0.116. The maximum atomic E-state index is 8.06. The minimum atomic E-state index is -0.411. The SMILES string of the molecule is [2H]c1c([2H])c([2H])c(-c2ccc(-c3ccccc3)cc2Cl)c([2H])c1[2H]. The monoisotopic (exact) mass is 269 g/mol. The van der Waals surface area contributed by atoms with E-state index in [1.54, 1.807) is 12.1 Å². The van der Waals surface area contributed by atoms with E-state index in [1.807, 2.05) is 36.4 Å². The first-order valence-electron chi connectivity index (χ1n) is 8.34. The Kier molecular flexibility index (Phi) is 2.09. The predicted octanol–water partition coefficient (Wildman–Crippen LogP) is 5.67. The Bertz CT molecular complexity index is 893. The summed E-state index contributed by atoms with van der Waals surface area (Å²) in [6.45, 7) is 0. The van der Waals surface area contributed by atoms with Gasteiger partial charge in [0.05, 0.1) is 6.85 Å². The zero-order chi connectivity index (χ0) is 17.4. The predicted molar refractivity (Wildman–Crippen MR) is 82.3 cm³/mol. The van der Waals surface area contributed by atoms with E-state index in [1.165, 1.54) is 0 Å². The lowest BCUT2D eigenvalue weighted by molar-refractivity contribution is 1.59. The third-order valence-corrected chi connectivity index (χ3v) is 3.16. The molecule has 3 aromatic carbocycles. The lowest BCUT2D eigenvalue weighted by Crippen LogP contribution is -1.82. The maximum Gasteiger partial charge on any atom is 0.0629 e. The molecule has 0 bridgehead atoms. The van der Waals surface area contributed by atoms with Gasteiger partial charge in [-0.25, -0.2) is 0 Å². The summed E-state index contributed by atoms with van der Waals surface area (Å²) in [5.74, 6) is 0. The van der Waals surface area contributed by atoms with Crippen LogP contribution in [-0.2, 0) is 0 Å². The van der Waals surface area contributed by atoms with Gasteiger partial charge < -0.3 is 0 Å². The molecule has 92 valence electrons. The van der Waals surface area contributed by atoms with Crippen LogP contribution in [0.4, 0.5) is 0 Å². The lowest BCUT2D eigenvalue weighted by atomic mass is 10.0. The summed E-state index contributed by atoms with van der Waals surface area (Å²) < 4.78 is 39.3. The fourth-order valence-electron chi connectivity index (χ4n) is 1.91. The van der Waals surface area contributed by atoms with Crippen LogP contribution in [0.25, 0.3) is 22.3 Å². The highest BCUT2D eigenvalue weighted by Gasteiger charge is 2.05. The Labute approximate surface area is 125 Å². The summed E-state index contributed by atoms with van der Waals surface area (Å²) in [6.07, 6.45) is 0. The Morgan fingerprint density at radius 1 is 0.737 bits per heavy atom. The Morgan fingerprint density at radius 3 is 2.16 bits per heavy atom. The van der Waals surface area contributed by atoms with E-state index in [0.717, 1.165) is 11.1 Å². The molecule has 0 spiro atoms. The second-order valence-electron chi connectivity index (χ2n) is 4.06. The highest BCUT2D eigenvalue weighted by atomic mass is 35.5. The number of benzene rings is 3. The fourth-order valence-corrected chi connectivity index (χ4v) is 2.19. The lowest BCUT2D eigenvalue weighted by Gasteiger charge is -2.07. The zero-order valence-corrected chi connectivity index (χ0v) is 10.8. The van der Waals surface area contributed by atoms with Crippen molar-refractivity contribution in [2.45, 2.75) is 0 Å². The molecule has 3 rings (SSSR count). The molecule has 19 heavy (non-hydrogen) atoms. The Morgan fingerprint density at radius 2 is 1.47 bits per heavy atom. The van der Waals surface area contributed by atoms with Crippen molar-refractivity contribution < 1.29 is 6.85 Å². The molecule has 0 unspecified atom stereocenters. The van der Waals surface area contributed by atoms with E-state index >= 15 is 0 Å². The molecule has 0 aromatic heterocycles. The van der Waals surface area contributed by atoms with Gasteiger partial charge >= 0.3 is 0 Å². The van der Waals surface area contributed by atoms with Gasteiger partial charge in [-0.3, -0.25) is 0 Å². The molecule has 0 radical (unpaired) electrons. The van der Waals surface area contributed by atoms with Crippen LogP contribution in [0.1, 0.15) is 6.85 Å². The molecule has 0 saturated carbocycles. The number of halogens is 1. The second-order valence-corrected chi connectivity index (χ2v) is 4.47. The molecule has 0 aliphatic carbocycles. The van der Waals surface area contributed by atoms with Crippen LogP contribution in [0.5, 0.6) is 0 Å². The van der Waals surface area contributed by atoms with Crippen LogP contribution < -0.4 is 0 Å². The van der Waals surface area contributed by atoms with Crippen molar-refractivity contribution in [2.24, 2.45) is 0 Å². The van der Waals surface area contributed by atoms with E-state index in [-0.39, 0.29) is 29.7 Å². The van der Waals surface area contributed by atoms with Crippen molar-refractivity contribution >= 4 is 11.6 Å². The quantitative estimate of drug-likeness (QED) is 0.562. The number of hydrogen-bond donors (Lipinski definition) is 0. The number of rotatable bonds is 2. The summed E-state index contributed by atoms with van der Waals surface area (Å²) in [7, 11) is 0. The van der Waals surface area contributed by atoms with Crippen molar-refractivity contribution in [1.29, 1.82) is 0 Å². The van der Waals surface area contributed by atoms with Crippen LogP contribution >= 0.6 is 11.6 Å². The molecule has 0 N–H and O–H groups in total. The minimum Gasteiger partial charge on any atom is -0.0836 e. The second kappa shape index (κ2) is 5.29. The van der Waals surface area contributed by atoms with E-state index in [2.05, 4.69) is 0 Å². The molecule has 0 heterocycles. The van der Waals surface area contributed by atoms with Crippen molar-refractivity contribution in [1.82, 2.24) is 0 Å². The summed E-state index contributed by atoms with van der Waals surface area (Å²) in [4.78, 5) is 0. The molecule has 3 aromatic rings. The first-order chi connectivity index (χ1) is 11.4. The van der Waals surface area contributed by atoms with Gasteiger partial charge in [-0.05, 0) is 22.8 Å². The summed E-state index contributed by atoms with van der Waals surface area (Å²) in [6, 6.07) is 13.3. The molecule has 0 saturated heterocycles. The van der Waals surface area contributed by atoms with E-state index in [9.17, 15) is 0 Å². The molecule has 0 aliphatic heterocycles. The van der Waals surface area contributed by atoms with Gasteiger partial charge in [0.2, 0.25) is 0 Å². The van der Waals surface area contributed by atoms with E-state index in [4.69, 9.17) is 18.5 Å². The molecule has 0 nitrogen and oxygen atoms in total. The molecule has 0 amide bonds. The first kappa shape index (κ1) is 7.52. The van der Waals surface area contributed by atoms with Gasteiger partial charge in [-0.1, -0.05) is 84.3 Å². The van der Waals surface area contributed by atoms with Crippen molar-refractivity contribution in [3.05, 3.63) is 83.8 Å². The Balaban J connectivity index is 2.19. The third kappa shape index (κ3) is 2.54. The fraction of sp³-hybridized carbons (Fsp3) is 0. The van der Waals surface area contributed by atoms with E-state index < -0.39 is 6.04 Å². The van der Waals surface area contributed by atoms with Gasteiger partial charge in [0, 0.05) is 10.6 Å². The largest absolute Gasteiger partial charge is 0.0836 e. The van der Waals surface area contributed by atoms with Crippen LogP contribution in [0.15, 0.2) is 78.7 Å². The summed E-state index contributed by atoms with van der Waals surface area (Å²) in [5, 5.41) is 0.342. The van der Waals surface area contributed by atoms with Crippen molar-refractivity contribution in [2.75, 3.05) is 0 Å². The normalized spacial score (nSPS) is 14.1. The van der Waals surface area contributed by atoms with Crippen molar-refractivity contribution in [3.8, 4) is 22.3 Å². The molecular formula is C18H13Cl. The average Bonchev–Trinajstić information content (AvgIpc) is 2.60. The first-order valence-corrected chi connectivity index (χ1v) is 6.22. The van der Waals surface area contributed by atoms with E-state index in [0.29, 0.717) is 10.6 Å². The standard InChI is InChI=1S/C18H13Cl/c19-18-13-16(14-7-3-1-4-8-14)11-12-17(18)15-9-5-2-6-10-15/h1-13H/i2D,5D,6D,9D,10D. The average molecular weight is 270 g/mol. The van der Waals surface area contributed by atoms with Gasteiger partial charge in [0.1, 0.15) is 0 Å². The van der Waals surface area contributed by atoms with Gasteiger partial charge in [-0.2, -0.15) is 0 Å². The van der Waals surface area contributed by atoms with Gasteiger partial charge in [0.15, 0.2) is 0 Å². The highest BCUT2D eigenvalue weighted by molar-refractivity contribution is 6.33. The third-order valence-electron chi connectivity index (χ3n) is 2.85. The smallest absolute Gasteiger partial charge is 0.0629 e. The van der Waals surface area contributed by atoms with Crippen LogP contribution in [0.2, 0.25) is 5.02 Å².